The molecule has 0 aliphatic carbocycles. The van der Waals surface area contributed by atoms with Gasteiger partial charge in [-0.25, -0.2) is 4.79 Å². The van der Waals surface area contributed by atoms with Crippen molar-refractivity contribution in [1.82, 2.24) is 26.6 Å². The molecule has 0 aromatic heterocycles. The molecule has 0 unspecified atom stereocenters. The lowest BCUT2D eigenvalue weighted by Crippen LogP contribution is -2.55. The van der Waals surface area contributed by atoms with Gasteiger partial charge in [-0.1, -0.05) is 12.1 Å². The Hall–Kier alpha value is -4.49. The Balaban J connectivity index is 3.04. The van der Waals surface area contributed by atoms with Gasteiger partial charge < -0.3 is 41.4 Å². The zero-order chi connectivity index (χ0) is 33.3. The van der Waals surface area contributed by atoms with Crippen LogP contribution in [0.1, 0.15) is 71.8 Å². The van der Waals surface area contributed by atoms with Crippen molar-refractivity contribution in [3.8, 4) is 0 Å². The summed E-state index contributed by atoms with van der Waals surface area (Å²) in [6.07, 6.45) is 0.919. The number of anilines is 1. The maximum atomic E-state index is 13.3. The van der Waals surface area contributed by atoms with Gasteiger partial charge in [0.1, 0.15) is 23.5 Å². The molecule has 0 heterocycles. The topological polar surface area (TPSA) is 201 Å². The molecule has 6 N–H and O–H groups in total. The maximum Gasteiger partial charge on any atom is 0.408 e. The molecule has 0 saturated heterocycles. The van der Waals surface area contributed by atoms with Crippen LogP contribution in [-0.4, -0.2) is 79.7 Å². The number of ketones is 1. The summed E-state index contributed by atoms with van der Waals surface area (Å²) in [7, 11) is 2.86. The summed E-state index contributed by atoms with van der Waals surface area (Å²) in [5.74, 6) is -2.28. The van der Waals surface area contributed by atoms with Crippen molar-refractivity contribution in [2.75, 3.05) is 26.0 Å². The summed E-state index contributed by atoms with van der Waals surface area (Å²) in [5.41, 5.74) is 0.327. The number of carbonyl (C=O) groups excluding carboxylic acids is 7. The lowest BCUT2D eigenvalue weighted by molar-refractivity contribution is -0.131. The van der Waals surface area contributed by atoms with E-state index in [0.717, 1.165) is 0 Å². The average Bonchev–Trinajstić information content (AvgIpc) is 2.95. The second kappa shape index (κ2) is 18.9. The number of rotatable bonds is 17. The maximum absolute atomic E-state index is 13.3. The summed E-state index contributed by atoms with van der Waals surface area (Å²) in [6.45, 7) is 6.16. The summed E-state index contributed by atoms with van der Waals surface area (Å²) in [4.78, 5) is 85.7. The predicted octanol–water partition coefficient (Wildman–Crippen LogP) is 1.08. The molecule has 0 aliphatic heterocycles. The summed E-state index contributed by atoms with van der Waals surface area (Å²) in [5, 5.41) is 15.2. The van der Waals surface area contributed by atoms with Gasteiger partial charge in [0.2, 0.25) is 29.5 Å². The highest BCUT2D eigenvalue weighted by atomic mass is 16.6. The molecule has 1 aromatic rings. The molecule has 0 bridgehead atoms. The molecule has 0 saturated carbocycles. The second-order valence-electron chi connectivity index (χ2n) is 11.2. The van der Waals surface area contributed by atoms with Gasteiger partial charge >= 0.3 is 6.09 Å². The molecular formula is C30H46N6O8. The fourth-order valence-electron chi connectivity index (χ4n) is 3.82. The summed E-state index contributed by atoms with van der Waals surface area (Å²) >= 11 is 0. The van der Waals surface area contributed by atoms with Crippen LogP contribution in [0.15, 0.2) is 24.3 Å². The minimum Gasteiger partial charge on any atom is -0.444 e. The average molecular weight is 619 g/mol. The number of ether oxygens (including phenoxy) is 1. The van der Waals surface area contributed by atoms with Crippen LogP contribution >= 0.6 is 0 Å². The molecule has 44 heavy (non-hydrogen) atoms. The van der Waals surface area contributed by atoms with Gasteiger partial charge in [-0.15, -0.1) is 0 Å². The van der Waals surface area contributed by atoms with E-state index < -0.39 is 41.5 Å². The van der Waals surface area contributed by atoms with Crippen molar-refractivity contribution in [2.45, 2.75) is 90.3 Å². The van der Waals surface area contributed by atoms with Gasteiger partial charge in [-0.05, 0) is 64.7 Å². The number of likely N-dealkylation sites (N-methyl/N-ethyl adjacent to an activating group) is 1. The standard InChI is InChI=1S/C30H46N6O8/c1-19(37)9-7-8-10-25(39)34-21-13-11-20(12-14-21)17-23(27(41)33-18-26(40)32-6)35-28(42)22(15-16-24(38)31-5)36-29(43)44-30(2,3)4/h11-14,22-23H,7-10,15-18H2,1-6H3,(H,31,38)(H,32,40)(H,33,41)(H,34,39)(H,35,42)(H,36,43)/t22-,23-/m1/s1. The van der Waals surface area contributed by atoms with Gasteiger partial charge in [0, 0.05) is 45.5 Å². The Labute approximate surface area is 258 Å². The highest BCUT2D eigenvalue weighted by Gasteiger charge is 2.29. The Morgan fingerprint density at radius 1 is 0.750 bits per heavy atom. The molecule has 0 spiro atoms. The summed E-state index contributed by atoms with van der Waals surface area (Å²) < 4.78 is 5.25. The fourth-order valence-corrected chi connectivity index (χ4v) is 3.82. The monoisotopic (exact) mass is 618 g/mol. The third kappa shape index (κ3) is 16.2. The Kier molecular flexibility index (Phi) is 16.1. The molecule has 2 atom stereocenters. The lowest BCUT2D eigenvalue weighted by Gasteiger charge is -2.25. The number of hydrogen-bond acceptors (Lipinski definition) is 8. The zero-order valence-electron chi connectivity index (χ0n) is 26.4. The Morgan fingerprint density at radius 3 is 1.93 bits per heavy atom. The van der Waals surface area contributed by atoms with Crippen molar-refractivity contribution in [1.29, 1.82) is 0 Å². The first-order chi connectivity index (χ1) is 20.6. The normalized spacial score (nSPS) is 12.1. The van der Waals surface area contributed by atoms with E-state index in [1.165, 1.54) is 21.0 Å². The van der Waals surface area contributed by atoms with Crippen LogP contribution in [0.4, 0.5) is 10.5 Å². The summed E-state index contributed by atoms with van der Waals surface area (Å²) in [6, 6.07) is 4.30. The van der Waals surface area contributed by atoms with Crippen LogP contribution in [0, 0.1) is 0 Å². The van der Waals surface area contributed by atoms with E-state index in [4.69, 9.17) is 4.74 Å². The SMILES string of the molecule is CNC(=O)CC[C@@H](NC(=O)OC(C)(C)C)C(=O)N[C@H](Cc1ccc(NC(=O)CCCCC(C)=O)cc1)C(=O)NCC(=O)NC. The van der Waals surface area contributed by atoms with Gasteiger partial charge in [0.05, 0.1) is 6.54 Å². The van der Waals surface area contributed by atoms with Crippen molar-refractivity contribution in [3.63, 3.8) is 0 Å². The predicted molar refractivity (Wildman–Crippen MR) is 163 cm³/mol. The minimum atomic E-state index is -1.20. The quantitative estimate of drug-likeness (QED) is 0.139. The first-order valence-electron chi connectivity index (χ1n) is 14.5. The number of unbranched alkanes of at least 4 members (excludes halogenated alkanes) is 1. The molecule has 244 valence electrons. The third-order valence-electron chi connectivity index (χ3n) is 6.14. The van der Waals surface area contributed by atoms with Crippen molar-refractivity contribution in [2.24, 2.45) is 0 Å². The number of alkyl carbamates (subject to hydrolysis) is 1. The third-order valence-corrected chi connectivity index (χ3v) is 6.14. The van der Waals surface area contributed by atoms with E-state index in [2.05, 4.69) is 31.9 Å². The molecule has 14 nitrogen and oxygen atoms in total. The number of benzene rings is 1. The Morgan fingerprint density at radius 2 is 1.36 bits per heavy atom. The van der Waals surface area contributed by atoms with Crippen molar-refractivity contribution < 1.29 is 38.3 Å². The van der Waals surface area contributed by atoms with Crippen molar-refractivity contribution in [3.05, 3.63) is 29.8 Å². The van der Waals surface area contributed by atoms with Crippen LogP contribution in [0.25, 0.3) is 0 Å². The van der Waals surface area contributed by atoms with E-state index in [0.29, 0.717) is 30.5 Å². The van der Waals surface area contributed by atoms with Crippen LogP contribution in [0.2, 0.25) is 0 Å². The molecule has 1 aromatic carbocycles. The zero-order valence-corrected chi connectivity index (χ0v) is 26.4. The van der Waals surface area contributed by atoms with E-state index in [-0.39, 0.29) is 49.8 Å². The number of carbonyl (C=O) groups is 7. The molecule has 6 amide bonds. The van der Waals surface area contributed by atoms with E-state index in [9.17, 15) is 33.6 Å². The van der Waals surface area contributed by atoms with E-state index in [1.807, 2.05) is 0 Å². The lowest BCUT2D eigenvalue weighted by atomic mass is 10.0. The number of amides is 6. The van der Waals surface area contributed by atoms with Gasteiger partial charge in [-0.2, -0.15) is 0 Å². The van der Waals surface area contributed by atoms with E-state index >= 15 is 0 Å². The number of nitrogens with one attached hydrogen (secondary N) is 6. The van der Waals surface area contributed by atoms with Crippen LogP contribution in [-0.2, 0) is 39.9 Å². The molecule has 1 rings (SSSR count). The Bertz CT molecular complexity index is 1160. The van der Waals surface area contributed by atoms with Crippen LogP contribution in [0.3, 0.4) is 0 Å². The van der Waals surface area contributed by atoms with Gasteiger partial charge in [-0.3, -0.25) is 24.0 Å². The fraction of sp³-hybridized carbons (Fsp3) is 0.567. The molecule has 0 fully saturated rings. The van der Waals surface area contributed by atoms with Crippen LogP contribution < -0.4 is 31.9 Å². The van der Waals surface area contributed by atoms with E-state index in [1.54, 1.807) is 45.0 Å². The second-order valence-corrected chi connectivity index (χ2v) is 11.2. The highest BCUT2D eigenvalue weighted by molar-refractivity contribution is 5.93. The smallest absolute Gasteiger partial charge is 0.408 e. The molecule has 0 radical (unpaired) electrons. The van der Waals surface area contributed by atoms with Gasteiger partial charge in [0.25, 0.3) is 0 Å². The van der Waals surface area contributed by atoms with Gasteiger partial charge in [0.15, 0.2) is 0 Å². The van der Waals surface area contributed by atoms with Crippen molar-refractivity contribution >= 4 is 47.1 Å². The number of Topliss-reactive ketones (excluding diaryl/α,β-unsaturated/α-hetero) is 1. The first-order valence-corrected chi connectivity index (χ1v) is 14.5. The first kappa shape index (κ1) is 37.5. The number of hydrogen-bond donors (Lipinski definition) is 6. The highest BCUT2D eigenvalue weighted by Crippen LogP contribution is 2.14. The van der Waals surface area contributed by atoms with Crippen LogP contribution in [0.5, 0.6) is 0 Å². The molecule has 14 heteroatoms. The molecular weight excluding hydrogens is 572 g/mol. The minimum absolute atomic E-state index is 0.0131. The molecule has 0 aliphatic rings. The largest absolute Gasteiger partial charge is 0.444 e.